The number of aryl methyl sites for hydroxylation is 1. The van der Waals surface area contributed by atoms with Crippen LogP contribution in [0, 0.1) is 5.82 Å². The smallest absolute Gasteiger partial charge is 0.139 e. The highest BCUT2D eigenvalue weighted by atomic mass is 79.9. The minimum absolute atomic E-state index is 0.197. The number of fused-ring (bicyclic) bond motifs is 1. The zero-order valence-corrected chi connectivity index (χ0v) is 14.8. The van der Waals surface area contributed by atoms with Gasteiger partial charge in [-0.05, 0) is 35.0 Å². The van der Waals surface area contributed by atoms with Crippen LogP contribution in [0.2, 0.25) is 0 Å². The molecule has 126 valence electrons. The topological polar surface area (TPSA) is 108 Å². The van der Waals surface area contributed by atoms with Crippen molar-refractivity contribution in [2.24, 2.45) is 12.8 Å². The van der Waals surface area contributed by atoms with Gasteiger partial charge in [0, 0.05) is 13.6 Å². The quantitative estimate of drug-likeness (QED) is 0.628. The van der Waals surface area contributed by atoms with Crippen molar-refractivity contribution in [3.05, 3.63) is 40.1 Å². The van der Waals surface area contributed by atoms with E-state index in [1.165, 1.54) is 12.4 Å². The van der Waals surface area contributed by atoms with Gasteiger partial charge in [0.2, 0.25) is 0 Å². The molecule has 0 aliphatic heterocycles. The number of imidazole rings is 1. The lowest BCUT2D eigenvalue weighted by molar-refractivity contribution is 0.622. The Hall–Kier alpha value is -2.26. The third-order valence-electron chi connectivity index (χ3n) is 3.89. The highest BCUT2D eigenvalue weighted by Crippen LogP contribution is 2.30. The Balaban J connectivity index is 2.01. The van der Waals surface area contributed by atoms with Crippen molar-refractivity contribution < 1.29 is 4.39 Å². The van der Waals surface area contributed by atoms with E-state index >= 15 is 0 Å². The van der Waals surface area contributed by atoms with Crippen molar-refractivity contribution in [1.82, 2.24) is 19.5 Å². The van der Waals surface area contributed by atoms with Crippen LogP contribution in [-0.4, -0.2) is 19.5 Å². The monoisotopic (exact) mass is 393 g/mol. The number of nitrogens with two attached hydrogens (primary N) is 2. The van der Waals surface area contributed by atoms with E-state index < -0.39 is 0 Å². The highest BCUT2D eigenvalue weighted by Gasteiger charge is 2.19. The zero-order chi connectivity index (χ0) is 17.4. The first-order valence-electron chi connectivity index (χ1n) is 7.30. The second-order valence-corrected chi connectivity index (χ2v) is 6.21. The van der Waals surface area contributed by atoms with E-state index in [9.17, 15) is 4.39 Å². The number of benzene rings is 1. The van der Waals surface area contributed by atoms with Crippen LogP contribution in [0.15, 0.2) is 22.9 Å². The van der Waals surface area contributed by atoms with Crippen LogP contribution in [0.1, 0.15) is 24.4 Å². The lowest BCUT2D eigenvalue weighted by Crippen LogP contribution is -2.16. The molecule has 0 saturated carbocycles. The van der Waals surface area contributed by atoms with Crippen LogP contribution in [0.3, 0.4) is 0 Å². The summed E-state index contributed by atoms with van der Waals surface area (Å²) in [5.74, 6) is 1.31. The molecular weight excluding hydrogens is 377 g/mol. The fourth-order valence-corrected chi connectivity index (χ4v) is 3.26. The van der Waals surface area contributed by atoms with E-state index in [1.54, 1.807) is 6.07 Å². The van der Waals surface area contributed by atoms with Gasteiger partial charge in [-0.15, -0.1) is 0 Å². The summed E-state index contributed by atoms with van der Waals surface area (Å²) in [5, 5.41) is 3.25. The van der Waals surface area contributed by atoms with Crippen molar-refractivity contribution in [1.29, 1.82) is 0 Å². The predicted molar refractivity (Wildman–Crippen MR) is 94.7 cm³/mol. The van der Waals surface area contributed by atoms with Crippen molar-refractivity contribution in [2.45, 2.75) is 19.5 Å². The number of anilines is 2. The summed E-state index contributed by atoms with van der Waals surface area (Å²) in [5.41, 5.74) is 13.6. The molecule has 0 unspecified atom stereocenters. The van der Waals surface area contributed by atoms with E-state index in [-0.39, 0.29) is 18.4 Å². The first kappa shape index (κ1) is 16.6. The minimum atomic E-state index is -0.327. The van der Waals surface area contributed by atoms with E-state index in [4.69, 9.17) is 11.5 Å². The Kier molecular flexibility index (Phi) is 4.37. The molecule has 7 nitrogen and oxygen atoms in total. The van der Waals surface area contributed by atoms with Gasteiger partial charge in [0.25, 0.3) is 0 Å². The van der Waals surface area contributed by atoms with Gasteiger partial charge in [-0.2, -0.15) is 0 Å². The van der Waals surface area contributed by atoms with E-state index in [0.717, 1.165) is 5.82 Å². The number of nitrogens with zero attached hydrogens (tertiary/aromatic N) is 4. The maximum atomic E-state index is 13.8. The van der Waals surface area contributed by atoms with Crippen LogP contribution in [0.5, 0.6) is 0 Å². The summed E-state index contributed by atoms with van der Waals surface area (Å²) >= 11 is 3.28. The van der Waals surface area contributed by atoms with Gasteiger partial charge in [-0.25, -0.2) is 19.3 Å². The SMILES string of the molecule is C[C@H](Nc1ncnc(N)c1CN)c1nc2ccc(F)c(Br)c2n1C. The Morgan fingerprint density at radius 1 is 1.38 bits per heavy atom. The van der Waals surface area contributed by atoms with Gasteiger partial charge < -0.3 is 21.4 Å². The molecule has 9 heteroatoms. The van der Waals surface area contributed by atoms with E-state index in [1.807, 2.05) is 18.5 Å². The second kappa shape index (κ2) is 6.33. The molecule has 3 aromatic rings. The largest absolute Gasteiger partial charge is 0.383 e. The molecule has 2 aromatic heterocycles. The third kappa shape index (κ3) is 2.69. The van der Waals surface area contributed by atoms with Crippen molar-refractivity contribution in [3.8, 4) is 0 Å². The van der Waals surface area contributed by atoms with Gasteiger partial charge in [-0.3, -0.25) is 0 Å². The molecule has 3 rings (SSSR count). The Bertz CT molecular complexity index is 908. The summed E-state index contributed by atoms with van der Waals surface area (Å²) in [6.45, 7) is 2.16. The molecule has 0 amide bonds. The number of nitrogens with one attached hydrogen (secondary N) is 1. The molecule has 0 aliphatic rings. The first-order valence-corrected chi connectivity index (χ1v) is 8.09. The van der Waals surface area contributed by atoms with E-state index in [2.05, 4.69) is 36.2 Å². The number of hydrogen-bond acceptors (Lipinski definition) is 6. The maximum absolute atomic E-state index is 13.8. The molecule has 0 radical (unpaired) electrons. The molecule has 1 atom stereocenters. The number of nitrogen functional groups attached to an aromatic ring is 1. The van der Waals surface area contributed by atoms with Crippen LogP contribution in [-0.2, 0) is 13.6 Å². The molecule has 1 aromatic carbocycles. The molecule has 0 spiro atoms. The molecule has 0 saturated heterocycles. The van der Waals surface area contributed by atoms with Gasteiger partial charge in [0.05, 0.1) is 27.1 Å². The third-order valence-corrected chi connectivity index (χ3v) is 4.64. The summed E-state index contributed by atoms with van der Waals surface area (Å²) in [7, 11) is 1.84. The van der Waals surface area contributed by atoms with Gasteiger partial charge in [0.1, 0.15) is 29.6 Å². The first-order chi connectivity index (χ1) is 11.4. The summed E-state index contributed by atoms with van der Waals surface area (Å²) in [4.78, 5) is 12.7. The number of halogens is 2. The fourth-order valence-electron chi connectivity index (χ4n) is 2.66. The van der Waals surface area contributed by atoms with Gasteiger partial charge >= 0.3 is 0 Å². The van der Waals surface area contributed by atoms with Crippen LogP contribution >= 0.6 is 15.9 Å². The van der Waals surface area contributed by atoms with Crippen LogP contribution in [0.4, 0.5) is 16.0 Å². The van der Waals surface area contributed by atoms with Crippen LogP contribution < -0.4 is 16.8 Å². The summed E-state index contributed by atoms with van der Waals surface area (Å²) in [6.07, 6.45) is 1.38. The fraction of sp³-hybridized carbons (Fsp3) is 0.267. The van der Waals surface area contributed by atoms with Gasteiger partial charge in [-0.1, -0.05) is 0 Å². The molecule has 0 bridgehead atoms. The molecule has 24 heavy (non-hydrogen) atoms. The summed E-state index contributed by atoms with van der Waals surface area (Å²) < 4.78 is 16.0. The Labute approximate surface area is 146 Å². The lowest BCUT2D eigenvalue weighted by Gasteiger charge is -2.17. The molecule has 2 heterocycles. The normalized spacial score (nSPS) is 12.5. The van der Waals surface area contributed by atoms with Crippen molar-refractivity contribution in [2.75, 3.05) is 11.1 Å². The number of hydrogen-bond donors (Lipinski definition) is 3. The Morgan fingerprint density at radius 3 is 2.83 bits per heavy atom. The lowest BCUT2D eigenvalue weighted by atomic mass is 10.2. The van der Waals surface area contributed by atoms with Crippen molar-refractivity contribution >= 4 is 38.6 Å². The molecule has 0 fully saturated rings. The zero-order valence-electron chi connectivity index (χ0n) is 13.2. The Morgan fingerprint density at radius 2 is 2.12 bits per heavy atom. The van der Waals surface area contributed by atoms with Crippen LogP contribution in [0.25, 0.3) is 11.0 Å². The average Bonchev–Trinajstić information content (AvgIpc) is 2.89. The predicted octanol–water partition coefficient (Wildman–Crippen LogP) is 2.48. The number of aromatic nitrogens is 4. The molecular formula is C15H17BrFN7. The highest BCUT2D eigenvalue weighted by molar-refractivity contribution is 9.10. The molecule has 0 aliphatic carbocycles. The average molecular weight is 394 g/mol. The maximum Gasteiger partial charge on any atom is 0.139 e. The minimum Gasteiger partial charge on any atom is -0.383 e. The van der Waals surface area contributed by atoms with Gasteiger partial charge in [0.15, 0.2) is 0 Å². The van der Waals surface area contributed by atoms with Crippen molar-refractivity contribution in [3.63, 3.8) is 0 Å². The summed E-state index contributed by atoms with van der Waals surface area (Å²) in [6, 6.07) is 2.84. The standard InChI is InChI=1S/C15H17BrFN7/c1-7(22-14-8(5-18)13(19)20-6-21-14)15-23-10-4-3-9(17)11(16)12(10)24(15)2/h3-4,6-7H,5,18H2,1-2H3,(H3,19,20,21,22)/t7-/m0/s1. The van der Waals surface area contributed by atoms with E-state index in [0.29, 0.717) is 32.7 Å². The second-order valence-electron chi connectivity index (χ2n) is 5.41. The number of rotatable bonds is 4. The molecule has 5 N–H and O–H groups in total.